The highest BCUT2D eigenvalue weighted by atomic mass is 32.1. The number of nitro benzene ring substituents is 1. The quantitative estimate of drug-likeness (QED) is 0.669. The van der Waals surface area contributed by atoms with E-state index in [2.05, 4.69) is 10.2 Å². The van der Waals surface area contributed by atoms with E-state index in [4.69, 9.17) is 5.73 Å². The zero-order chi connectivity index (χ0) is 13.8. The van der Waals surface area contributed by atoms with E-state index in [0.29, 0.717) is 22.7 Å². The van der Waals surface area contributed by atoms with Crippen molar-refractivity contribution in [1.29, 1.82) is 0 Å². The van der Waals surface area contributed by atoms with Gasteiger partial charge in [-0.2, -0.15) is 0 Å². The van der Waals surface area contributed by atoms with Gasteiger partial charge in [-0.25, -0.2) is 0 Å². The molecule has 7 heteroatoms. The van der Waals surface area contributed by atoms with Gasteiger partial charge in [0, 0.05) is 12.0 Å². The molecule has 0 saturated heterocycles. The highest BCUT2D eigenvalue weighted by molar-refractivity contribution is 7.14. The molecule has 0 spiro atoms. The first-order chi connectivity index (χ1) is 9.13. The fourth-order valence-corrected chi connectivity index (χ4v) is 2.70. The van der Waals surface area contributed by atoms with Crippen molar-refractivity contribution in [2.24, 2.45) is 5.73 Å². The lowest BCUT2D eigenvalue weighted by Gasteiger charge is -2.01. The molecule has 0 atom stereocenters. The molecule has 1 aromatic heterocycles. The van der Waals surface area contributed by atoms with Gasteiger partial charge >= 0.3 is 0 Å². The Kier molecular flexibility index (Phi) is 4.18. The molecule has 0 aliphatic heterocycles. The van der Waals surface area contributed by atoms with Crippen molar-refractivity contribution < 1.29 is 4.92 Å². The monoisotopic (exact) mass is 278 g/mol. The van der Waals surface area contributed by atoms with Crippen LogP contribution in [0.4, 0.5) is 5.69 Å². The van der Waals surface area contributed by atoms with E-state index >= 15 is 0 Å². The lowest BCUT2D eigenvalue weighted by molar-refractivity contribution is -0.384. The van der Waals surface area contributed by atoms with E-state index in [0.717, 1.165) is 17.8 Å². The van der Waals surface area contributed by atoms with Gasteiger partial charge in [0.05, 0.1) is 10.5 Å². The van der Waals surface area contributed by atoms with Gasteiger partial charge < -0.3 is 5.73 Å². The summed E-state index contributed by atoms with van der Waals surface area (Å²) in [4.78, 5) is 10.8. The third kappa shape index (κ3) is 2.94. The third-order valence-corrected chi connectivity index (χ3v) is 3.73. The molecular formula is C12H14N4O2S. The topological polar surface area (TPSA) is 94.9 Å². The Morgan fingerprint density at radius 1 is 1.42 bits per heavy atom. The summed E-state index contributed by atoms with van der Waals surface area (Å²) < 4.78 is 0. The average Bonchev–Trinajstić information content (AvgIpc) is 2.84. The number of benzene rings is 1. The number of aryl methyl sites for hydroxylation is 2. The summed E-state index contributed by atoms with van der Waals surface area (Å²) in [7, 11) is 0. The maximum atomic E-state index is 11.1. The number of hydrogen-bond donors (Lipinski definition) is 1. The van der Waals surface area contributed by atoms with Gasteiger partial charge in [-0.15, -0.1) is 10.2 Å². The van der Waals surface area contributed by atoms with Crippen LogP contribution in [-0.4, -0.2) is 21.7 Å². The molecule has 2 aromatic rings. The molecule has 0 saturated carbocycles. The zero-order valence-corrected chi connectivity index (χ0v) is 11.3. The molecule has 0 unspecified atom stereocenters. The van der Waals surface area contributed by atoms with Crippen molar-refractivity contribution in [3.63, 3.8) is 0 Å². The lowest BCUT2D eigenvalue weighted by Crippen LogP contribution is -1.99. The molecule has 1 aromatic carbocycles. The SMILES string of the molecule is Cc1cccc(-c2nnc(CCCN)s2)c1[N+](=O)[O-]. The molecule has 100 valence electrons. The Bertz CT molecular complexity index is 597. The van der Waals surface area contributed by atoms with Crippen LogP contribution in [0.25, 0.3) is 10.6 Å². The van der Waals surface area contributed by atoms with Crippen molar-refractivity contribution in [2.75, 3.05) is 6.54 Å². The molecule has 6 nitrogen and oxygen atoms in total. The van der Waals surface area contributed by atoms with E-state index in [1.54, 1.807) is 25.1 Å². The summed E-state index contributed by atoms with van der Waals surface area (Å²) in [6.45, 7) is 2.32. The normalized spacial score (nSPS) is 10.6. The number of nitrogens with zero attached hydrogens (tertiary/aromatic N) is 3. The number of rotatable bonds is 5. The lowest BCUT2D eigenvalue weighted by atomic mass is 10.1. The Morgan fingerprint density at radius 3 is 2.89 bits per heavy atom. The van der Waals surface area contributed by atoms with E-state index in [9.17, 15) is 10.1 Å². The molecule has 0 bridgehead atoms. The van der Waals surface area contributed by atoms with Gasteiger partial charge in [0.2, 0.25) is 0 Å². The summed E-state index contributed by atoms with van der Waals surface area (Å²) in [5.74, 6) is 0. The number of hydrogen-bond acceptors (Lipinski definition) is 6. The highest BCUT2D eigenvalue weighted by Gasteiger charge is 2.20. The Hall–Kier alpha value is -1.86. The fraction of sp³-hybridized carbons (Fsp3) is 0.333. The maximum absolute atomic E-state index is 11.1. The van der Waals surface area contributed by atoms with Crippen LogP contribution in [0.2, 0.25) is 0 Å². The number of nitro groups is 1. The summed E-state index contributed by atoms with van der Waals surface area (Å²) in [5.41, 5.74) is 6.70. The first kappa shape index (κ1) is 13.6. The van der Waals surface area contributed by atoms with Crippen molar-refractivity contribution in [2.45, 2.75) is 19.8 Å². The molecule has 0 aliphatic rings. The largest absolute Gasteiger partial charge is 0.330 e. The first-order valence-corrected chi connectivity index (χ1v) is 6.72. The third-order valence-electron chi connectivity index (χ3n) is 2.71. The highest BCUT2D eigenvalue weighted by Crippen LogP contribution is 2.34. The van der Waals surface area contributed by atoms with Crippen molar-refractivity contribution in [3.05, 3.63) is 38.9 Å². The second kappa shape index (κ2) is 5.85. The number of aromatic nitrogens is 2. The Balaban J connectivity index is 2.39. The summed E-state index contributed by atoms with van der Waals surface area (Å²) in [6.07, 6.45) is 1.60. The maximum Gasteiger partial charge on any atom is 0.282 e. The average molecular weight is 278 g/mol. The van der Waals surface area contributed by atoms with Crippen molar-refractivity contribution >= 4 is 17.0 Å². The van der Waals surface area contributed by atoms with Gasteiger partial charge in [-0.1, -0.05) is 23.5 Å². The van der Waals surface area contributed by atoms with Gasteiger partial charge in [0.15, 0.2) is 5.01 Å². The van der Waals surface area contributed by atoms with Gasteiger partial charge in [-0.3, -0.25) is 10.1 Å². The first-order valence-electron chi connectivity index (χ1n) is 5.90. The van der Waals surface area contributed by atoms with Gasteiger partial charge in [-0.05, 0) is 26.0 Å². The molecule has 0 radical (unpaired) electrons. The second-order valence-electron chi connectivity index (χ2n) is 4.12. The Labute approximate surface area is 114 Å². The summed E-state index contributed by atoms with van der Waals surface area (Å²) in [6, 6.07) is 5.22. The minimum atomic E-state index is -0.369. The number of nitrogens with two attached hydrogens (primary N) is 1. The van der Waals surface area contributed by atoms with Crippen LogP contribution >= 0.6 is 11.3 Å². The molecule has 1 heterocycles. The van der Waals surface area contributed by atoms with E-state index in [1.807, 2.05) is 0 Å². The van der Waals surface area contributed by atoms with E-state index in [-0.39, 0.29) is 10.6 Å². The summed E-state index contributed by atoms with van der Waals surface area (Å²) >= 11 is 1.38. The predicted molar refractivity (Wildman–Crippen MR) is 74.1 cm³/mol. The van der Waals surface area contributed by atoms with Crippen LogP contribution in [-0.2, 0) is 6.42 Å². The zero-order valence-electron chi connectivity index (χ0n) is 10.5. The fourth-order valence-electron chi connectivity index (χ4n) is 1.79. The molecule has 0 aliphatic carbocycles. The molecule has 0 amide bonds. The standard InChI is InChI=1S/C12H14N4O2S/c1-8-4-2-5-9(11(8)16(17)18)12-15-14-10(19-12)6-3-7-13/h2,4-5H,3,6-7,13H2,1H3. The molecular weight excluding hydrogens is 264 g/mol. The van der Waals surface area contributed by atoms with Crippen LogP contribution in [0.15, 0.2) is 18.2 Å². The summed E-state index contributed by atoms with van der Waals surface area (Å²) in [5, 5.41) is 20.7. The Morgan fingerprint density at radius 2 is 2.21 bits per heavy atom. The molecule has 0 fully saturated rings. The van der Waals surface area contributed by atoms with Crippen LogP contribution < -0.4 is 5.73 Å². The minimum Gasteiger partial charge on any atom is -0.330 e. The van der Waals surface area contributed by atoms with Crippen LogP contribution in [0.1, 0.15) is 17.0 Å². The van der Waals surface area contributed by atoms with Crippen LogP contribution in [0.5, 0.6) is 0 Å². The van der Waals surface area contributed by atoms with Crippen molar-refractivity contribution in [3.8, 4) is 10.6 Å². The van der Waals surface area contributed by atoms with E-state index in [1.165, 1.54) is 11.3 Å². The van der Waals surface area contributed by atoms with Crippen LogP contribution in [0, 0.1) is 17.0 Å². The van der Waals surface area contributed by atoms with E-state index < -0.39 is 0 Å². The number of para-hydroxylation sites is 1. The van der Waals surface area contributed by atoms with Gasteiger partial charge in [0.1, 0.15) is 5.01 Å². The predicted octanol–water partition coefficient (Wildman–Crippen LogP) is 2.31. The van der Waals surface area contributed by atoms with Gasteiger partial charge in [0.25, 0.3) is 5.69 Å². The minimum absolute atomic E-state index is 0.101. The molecule has 2 N–H and O–H groups in total. The molecule has 2 rings (SSSR count). The van der Waals surface area contributed by atoms with Crippen molar-refractivity contribution in [1.82, 2.24) is 10.2 Å². The smallest absolute Gasteiger partial charge is 0.282 e. The second-order valence-corrected chi connectivity index (χ2v) is 5.18. The van der Waals surface area contributed by atoms with Crippen LogP contribution in [0.3, 0.4) is 0 Å². The molecule has 19 heavy (non-hydrogen) atoms.